The molecule has 0 fully saturated rings. The lowest BCUT2D eigenvalue weighted by atomic mass is 10.0. The third-order valence-corrected chi connectivity index (χ3v) is 4.44. The number of anilines is 1. The zero-order valence-corrected chi connectivity index (χ0v) is 15.3. The van der Waals surface area contributed by atoms with Gasteiger partial charge in [-0.25, -0.2) is 13.9 Å². The van der Waals surface area contributed by atoms with Gasteiger partial charge in [0.15, 0.2) is 0 Å². The third kappa shape index (κ3) is 3.20. The Bertz CT molecular complexity index is 1220. The minimum Gasteiger partial charge on any atom is -0.322 e. The number of carbonyl (C=O) groups excluding carboxylic acids is 1. The van der Waals surface area contributed by atoms with Gasteiger partial charge in [0.05, 0.1) is 34.2 Å². The van der Waals surface area contributed by atoms with Crippen molar-refractivity contribution in [3.05, 3.63) is 76.2 Å². The van der Waals surface area contributed by atoms with Crippen LogP contribution < -0.4 is 11.0 Å². The summed E-state index contributed by atoms with van der Waals surface area (Å²) in [7, 11) is 0. The minimum atomic E-state index is -0.335. The maximum absolute atomic E-state index is 13.2. The van der Waals surface area contributed by atoms with Crippen LogP contribution in [-0.2, 0) is 0 Å². The number of nitrogens with one attached hydrogen (secondary N) is 3. The first-order valence-electron chi connectivity index (χ1n) is 8.79. The van der Waals surface area contributed by atoms with Gasteiger partial charge >= 0.3 is 5.69 Å². The fourth-order valence-electron chi connectivity index (χ4n) is 3.19. The molecule has 0 aliphatic heterocycles. The summed E-state index contributed by atoms with van der Waals surface area (Å²) in [5, 5.41) is 7.17. The minimum absolute atomic E-state index is 0.0109. The fourth-order valence-corrected chi connectivity index (χ4v) is 3.19. The first-order valence-corrected chi connectivity index (χ1v) is 8.79. The van der Waals surface area contributed by atoms with E-state index in [0.717, 1.165) is 5.69 Å². The molecule has 0 saturated heterocycles. The molecule has 0 unspecified atom stereocenters. The van der Waals surface area contributed by atoms with E-state index in [9.17, 15) is 14.0 Å². The lowest BCUT2D eigenvalue weighted by Gasteiger charge is -2.13. The van der Waals surface area contributed by atoms with E-state index in [2.05, 4.69) is 20.4 Å². The Balaban J connectivity index is 1.68. The first kappa shape index (κ1) is 17.7. The van der Waals surface area contributed by atoms with Crippen molar-refractivity contribution in [3.8, 4) is 5.69 Å². The van der Waals surface area contributed by atoms with Crippen LogP contribution in [0.25, 0.3) is 16.7 Å². The molecule has 0 spiro atoms. The maximum Gasteiger partial charge on any atom is 0.323 e. The second-order valence-corrected chi connectivity index (χ2v) is 6.78. The highest BCUT2D eigenvalue weighted by molar-refractivity contribution is 6.05. The van der Waals surface area contributed by atoms with Crippen LogP contribution in [0.4, 0.5) is 10.1 Å². The van der Waals surface area contributed by atoms with E-state index in [1.54, 1.807) is 35.0 Å². The number of nitrogens with zero attached hydrogens (tertiary/aromatic N) is 2. The molecule has 1 amide bonds. The molecule has 2 aromatic carbocycles. The largest absolute Gasteiger partial charge is 0.323 e. The Kier molecular flexibility index (Phi) is 4.31. The van der Waals surface area contributed by atoms with Crippen molar-refractivity contribution in [2.24, 2.45) is 0 Å². The Hall–Kier alpha value is -3.68. The highest BCUT2D eigenvalue weighted by atomic mass is 19.1. The number of benzene rings is 2. The van der Waals surface area contributed by atoms with Crippen molar-refractivity contribution in [2.45, 2.75) is 19.8 Å². The number of hydrogen-bond donors (Lipinski definition) is 3. The molecule has 0 saturated carbocycles. The second-order valence-electron chi connectivity index (χ2n) is 6.78. The van der Waals surface area contributed by atoms with E-state index in [1.165, 1.54) is 18.3 Å². The lowest BCUT2D eigenvalue weighted by Crippen LogP contribution is -2.15. The van der Waals surface area contributed by atoms with Gasteiger partial charge in [-0.05, 0) is 48.4 Å². The normalized spacial score (nSPS) is 11.3. The van der Waals surface area contributed by atoms with E-state index in [0.29, 0.717) is 28.0 Å². The van der Waals surface area contributed by atoms with Crippen LogP contribution >= 0.6 is 0 Å². The molecular formula is C20H18FN5O2. The molecule has 0 atom stereocenters. The van der Waals surface area contributed by atoms with Gasteiger partial charge in [0, 0.05) is 5.69 Å². The van der Waals surface area contributed by atoms with Gasteiger partial charge in [-0.1, -0.05) is 13.8 Å². The Morgan fingerprint density at radius 1 is 1.11 bits per heavy atom. The van der Waals surface area contributed by atoms with Gasteiger partial charge in [0.25, 0.3) is 5.91 Å². The summed E-state index contributed by atoms with van der Waals surface area (Å²) in [6, 6.07) is 11.1. The van der Waals surface area contributed by atoms with Crippen LogP contribution in [0.2, 0.25) is 0 Å². The SMILES string of the molecule is CC(C)c1c(C(=O)Nc2ccc3[nH]c(=O)[nH]c3c2)cnn1-c1ccc(F)cc1. The summed E-state index contributed by atoms with van der Waals surface area (Å²) < 4.78 is 14.9. The first-order chi connectivity index (χ1) is 13.4. The predicted octanol–water partition coefficient (Wildman–Crippen LogP) is 3.56. The molecular weight excluding hydrogens is 361 g/mol. The number of imidazole rings is 1. The quantitative estimate of drug-likeness (QED) is 0.506. The molecule has 8 heteroatoms. The van der Waals surface area contributed by atoms with Crippen molar-refractivity contribution in [2.75, 3.05) is 5.32 Å². The number of aromatic amines is 2. The number of fused-ring (bicyclic) bond motifs is 1. The smallest absolute Gasteiger partial charge is 0.322 e. The molecule has 3 N–H and O–H groups in total. The van der Waals surface area contributed by atoms with Crippen LogP contribution in [0.1, 0.15) is 35.8 Å². The number of halogens is 1. The Morgan fingerprint density at radius 2 is 1.82 bits per heavy atom. The second kappa shape index (κ2) is 6.80. The van der Waals surface area contributed by atoms with E-state index in [-0.39, 0.29) is 23.3 Å². The number of amides is 1. The van der Waals surface area contributed by atoms with Crippen molar-refractivity contribution >= 4 is 22.6 Å². The summed E-state index contributed by atoms with van der Waals surface area (Å²) >= 11 is 0. The topological polar surface area (TPSA) is 95.6 Å². The van der Waals surface area contributed by atoms with Crippen molar-refractivity contribution < 1.29 is 9.18 Å². The van der Waals surface area contributed by atoms with Gasteiger partial charge in [-0.15, -0.1) is 0 Å². The standard InChI is InChI=1S/C20H18FN5O2/c1-11(2)18-15(10-22-26(18)14-6-3-12(21)4-7-14)19(27)23-13-5-8-16-17(9-13)25-20(28)24-16/h3-11H,1-2H3,(H,23,27)(H2,24,25,28). The zero-order valence-electron chi connectivity index (χ0n) is 15.3. The summed E-state index contributed by atoms with van der Waals surface area (Å²) in [6.07, 6.45) is 1.50. The molecule has 0 radical (unpaired) electrons. The van der Waals surface area contributed by atoms with Crippen LogP contribution in [-0.4, -0.2) is 25.7 Å². The average molecular weight is 379 g/mol. The molecule has 7 nitrogen and oxygen atoms in total. The number of hydrogen-bond acceptors (Lipinski definition) is 3. The van der Waals surface area contributed by atoms with E-state index in [4.69, 9.17) is 0 Å². The van der Waals surface area contributed by atoms with Gasteiger partial charge < -0.3 is 15.3 Å². The highest BCUT2D eigenvalue weighted by Gasteiger charge is 2.21. The van der Waals surface area contributed by atoms with Crippen molar-refractivity contribution in [3.63, 3.8) is 0 Å². The maximum atomic E-state index is 13.2. The summed E-state index contributed by atoms with van der Waals surface area (Å²) in [5.41, 5.74) is 3.35. The molecule has 28 heavy (non-hydrogen) atoms. The molecule has 2 heterocycles. The summed E-state index contributed by atoms with van der Waals surface area (Å²) in [5.74, 6) is -0.635. The monoisotopic (exact) mass is 379 g/mol. The average Bonchev–Trinajstić information content (AvgIpc) is 3.25. The van der Waals surface area contributed by atoms with Gasteiger partial charge in [-0.2, -0.15) is 5.10 Å². The number of rotatable bonds is 4. The molecule has 2 aromatic heterocycles. The Labute approximate surface area is 159 Å². The predicted molar refractivity (Wildman–Crippen MR) is 104 cm³/mol. The van der Waals surface area contributed by atoms with Crippen LogP contribution in [0.15, 0.2) is 53.5 Å². The number of H-pyrrole nitrogens is 2. The Morgan fingerprint density at radius 3 is 2.54 bits per heavy atom. The fraction of sp³-hybridized carbons (Fsp3) is 0.150. The van der Waals surface area contributed by atoms with Crippen LogP contribution in [0.5, 0.6) is 0 Å². The van der Waals surface area contributed by atoms with Gasteiger partial charge in [-0.3, -0.25) is 4.79 Å². The molecule has 0 aliphatic rings. The number of carbonyl (C=O) groups is 1. The molecule has 4 rings (SSSR count). The molecule has 0 bridgehead atoms. The van der Waals surface area contributed by atoms with Crippen LogP contribution in [0.3, 0.4) is 0 Å². The summed E-state index contributed by atoms with van der Waals surface area (Å²) in [4.78, 5) is 29.6. The van der Waals surface area contributed by atoms with Gasteiger partial charge in [0.1, 0.15) is 5.82 Å². The van der Waals surface area contributed by atoms with E-state index in [1.807, 2.05) is 13.8 Å². The molecule has 0 aliphatic carbocycles. The number of aromatic nitrogens is 4. The van der Waals surface area contributed by atoms with Crippen LogP contribution in [0, 0.1) is 5.82 Å². The highest BCUT2D eigenvalue weighted by Crippen LogP contribution is 2.24. The van der Waals surface area contributed by atoms with Crippen molar-refractivity contribution in [1.82, 2.24) is 19.7 Å². The summed E-state index contributed by atoms with van der Waals surface area (Å²) in [6.45, 7) is 3.93. The zero-order chi connectivity index (χ0) is 19.8. The van der Waals surface area contributed by atoms with Gasteiger partial charge in [0.2, 0.25) is 0 Å². The van der Waals surface area contributed by atoms with E-state index >= 15 is 0 Å². The molecule has 142 valence electrons. The van der Waals surface area contributed by atoms with E-state index < -0.39 is 0 Å². The van der Waals surface area contributed by atoms with Crippen molar-refractivity contribution in [1.29, 1.82) is 0 Å². The molecule has 4 aromatic rings. The lowest BCUT2D eigenvalue weighted by molar-refractivity contribution is 0.102. The third-order valence-electron chi connectivity index (χ3n) is 4.44.